The van der Waals surface area contributed by atoms with E-state index in [1.807, 2.05) is 65.0 Å². The maximum absolute atomic E-state index is 12.2. The first-order valence-corrected chi connectivity index (χ1v) is 7.87. The maximum Gasteiger partial charge on any atom is 0.408 e. The Bertz CT molecular complexity index is 536. The van der Waals surface area contributed by atoms with Crippen molar-refractivity contribution in [1.82, 2.24) is 5.32 Å². The summed E-state index contributed by atoms with van der Waals surface area (Å²) in [5, 5.41) is 12.5. The summed E-state index contributed by atoms with van der Waals surface area (Å²) in [4.78, 5) is 24.2. The normalized spacial score (nSPS) is 15.3. The molecule has 0 aliphatic carbocycles. The number of carbonyl (C=O) groups excluding carboxylic acids is 1. The third kappa shape index (κ3) is 4.24. The summed E-state index contributed by atoms with van der Waals surface area (Å²) < 4.78 is 5.21. The van der Waals surface area contributed by atoms with Gasteiger partial charge < -0.3 is 15.2 Å². The molecule has 0 bridgehead atoms. The number of alkyl carbamates (subject to hydrolysis) is 1. The predicted molar refractivity (Wildman–Crippen MR) is 89.0 cm³/mol. The minimum absolute atomic E-state index is 0.104. The molecule has 0 saturated carbocycles. The molecule has 0 aliphatic rings. The summed E-state index contributed by atoms with van der Waals surface area (Å²) in [6.07, 6.45) is -0.0887. The number of hydrogen-bond acceptors (Lipinski definition) is 3. The lowest BCUT2D eigenvalue weighted by Gasteiger charge is -2.45. The Morgan fingerprint density at radius 2 is 1.78 bits per heavy atom. The fourth-order valence-corrected chi connectivity index (χ4v) is 2.86. The van der Waals surface area contributed by atoms with Gasteiger partial charge in [0.05, 0.1) is 0 Å². The standard InChI is InChI=1S/C18H27NO4/c1-6-13(2)18(15(20)21,17(3,4)5)19-16(22)23-12-14-10-8-7-9-11-14/h7-11,13H,6,12H2,1-5H3,(H,19,22)(H,20,21)/t13-,18-/m1/s1. The van der Waals surface area contributed by atoms with Crippen LogP contribution in [0.2, 0.25) is 0 Å². The number of carboxylic acids is 1. The van der Waals surface area contributed by atoms with Crippen molar-refractivity contribution >= 4 is 12.1 Å². The molecule has 0 fully saturated rings. The van der Waals surface area contributed by atoms with Crippen LogP contribution in [-0.4, -0.2) is 22.7 Å². The molecule has 5 heteroatoms. The van der Waals surface area contributed by atoms with E-state index in [0.717, 1.165) is 5.56 Å². The highest BCUT2D eigenvalue weighted by atomic mass is 16.5. The molecule has 0 saturated heterocycles. The summed E-state index contributed by atoms with van der Waals surface area (Å²) in [5.74, 6) is -1.29. The molecule has 0 unspecified atom stereocenters. The van der Waals surface area contributed by atoms with Gasteiger partial charge in [-0.2, -0.15) is 0 Å². The molecule has 0 spiro atoms. The number of benzene rings is 1. The van der Waals surface area contributed by atoms with E-state index < -0.39 is 23.0 Å². The monoisotopic (exact) mass is 321 g/mol. The number of carbonyl (C=O) groups is 2. The summed E-state index contributed by atoms with van der Waals surface area (Å²) >= 11 is 0. The average Bonchev–Trinajstić information content (AvgIpc) is 2.49. The van der Waals surface area contributed by atoms with Crippen LogP contribution in [0.3, 0.4) is 0 Å². The third-order valence-electron chi connectivity index (χ3n) is 4.38. The van der Waals surface area contributed by atoms with E-state index in [9.17, 15) is 14.7 Å². The number of rotatable bonds is 6. The zero-order valence-electron chi connectivity index (χ0n) is 14.6. The van der Waals surface area contributed by atoms with Crippen LogP contribution in [0.15, 0.2) is 30.3 Å². The first-order chi connectivity index (χ1) is 10.6. The molecule has 5 nitrogen and oxygen atoms in total. The van der Waals surface area contributed by atoms with Crippen LogP contribution >= 0.6 is 0 Å². The number of aliphatic carboxylic acids is 1. The van der Waals surface area contributed by atoms with Crippen LogP contribution in [0.5, 0.6) is 0 Å². The van der Waals surface area contributed by atoms with E-state index in [-0.39, 0.29) is 12.5 Å². The molecule has 0 aromatic heterocycles. The largest absolute Gasteiger partial charge is 0.479 e. The Kier molecular flexibility index (Phi) is 6.19. The Hall–Kier alpha value is -2.04. The molecule has 2 N–H and O–H groups in total. The van der Waals surface area contributed by atoms with Gasteiger partial charge in [-0.05, 0) is 16.9 Å². The zero-order chi connectivity index (χ0) is 17.7. The second kappa shape index (κ2) is 7.49. The van der Waals surface area contributed by atoms with E-state index in [1.165, 1.54) is 0 Å². The van der Waals surface area contributed by atoms with Crippen molar-refractivity contribution in [2.45, 2.75) is 53.2 Å². The van der Waals surface area contributed by atoms with Gasteiger partial charge in [0.15, 0.2) is 0 Å². The second-order valence-corrected chi connectivity index (χ2v) is 6.86. The molecule has 0 aliphatic heterocycles. The van der Waals surface area contributed by atoms with Gasteiger partial charge in [0.25, 0.3) is 0 Å². The molecule has 1 aromatic carbocycles. The van der Waals surface area contributed by atoms with Gasteiger partial charge in [0.1, 0.15) is 12.1 Å². The van der Waals surface area contributed by atoms with Gasteiger partial charge in [0, 0.05) is 0 Å². The molecule has 0 radical (unpaired) electrons. The van der Waals surface area contributed by atoms with Crippen LogP contribution in [-0.2, 0) is 16.1 Å². The molecule has 1 rings (SSSR count). The van der Waals surface area contributed by atoms with Crippen molar-refractivity contribution < 1.29 is 19.4 Å². The minimum Gasteiger partial charge on any atom is -0.479 e. The lowest BCUT2D eigenvalue weighted by molar-refractivity contribution is -0.153. The Labute approximate surface area is 138 Å². The number of carboxylic acid groups (broad SMARTS) is 1. The molecule has 0 heterocycles. The minimum atomic E-state index is -1.39. The Morgan fingerprint density at radius 1 is 1.22 bits per heavy atom. The van der Waals surface area contributed by atoms with Crippen molar-refractivity contribution in [1.29, 1.82) is 0 Å². The van der Waals surface area contributed by atoms with E-state index in [4.69, 9.17) is 4.74 Å². The van der Waals surface area contributed by atoms with Crippen molar-refractivity contribution in [3.8, 4) is 0 Å². The summed E-state index contributed by atoms with van der Waals surface area (Å²) in [7, 11) is 0. The molecule has 1 aromatic rings. The topological polar surface area (TPSA) is 75.6 Å². The molecular formula is C18H27NO4. The van der Waals surface area contributed by atoms with Crippen molar-refractivity contribution in [2.75, 3.05) is 0 Å². The van der Waals surface area contributed by atoms with Crippen LogP contribution in [0.1, 0.15) is 46.6 Å². The van der Waals surface area contributed by atoms with E-state index in [1.54, 1.807) is 0 Å². The number of ether oxygens (including phenoxy) is 1. The summed E-state index contributed by atoms with van der Waals surface area (Å²) in [5.41, 5.74) is -1.21. The van der Waals surface area contributed by atoms with E-state index in [0.29, 0.717) is 6.42 Å². The molecule has 2 atom stereocenters. The van der Waals surface area contributed by atoms with Gasteiger partial charge >= 0.3 is 12.1 Å². The first kappa shape index (κ1) is 19.0. The van der Waals surface area contributed by atoms with Crippen LogP contribution in [0.4, 0.5) is 4.79 Å². The maximum atomic E-state index is 12.2. The number of amides is 1. The second-order valence-electron chi connectivity index (χ2n) is 6.86. The Balaban J connectivity index is 2.92. The van der Waals surface area contributed by atoms with Crippen LogP contribution < -0.4 is 5.32 Å². The van der Waals surface area contributed by atoms with Crippen LogP contribution in [0, 0.1) is 11.3 Å². The van der Waals surface area contributed by atoms with Crippen molar-refractivity contribution in [3.05, 3.63) is 35.9 Å². The lowest BCUT2D eigenvalue weighted by atomic mass is 9.66. The lowest BCUT2D eigenvalue weighted by Crippen LogP contribution is -2.66. The molecule has 23 heavy (non-hydrogen) atoms. The average molecular weight is 321 g/mol. The highest BCUT2D eigenvalue weighted by Gasteiger charge is 2.53. The number of nitrogens with one attached hydrogen (secondary N) is 1. The van der Waals surface area contributed by atoms with E-state index >= 15 is 0 Å². The number of hydrogen-bond donors (Lipinski definition) is 2. The van der Waals surface area contributed by atoms with Gasteiger partial charge in [0.2, 0.25) is 0 Å². The SMILES string of the molecule is CC[C@@H](C)[C@@](NC(=O)OCc1ccccc1)(C(=O)O)C(C)(C)C. The predicted octanol–water partition coefficient (Wildman–Crippen LogP) is 3.83. The fourth-order valence-electron chi connectivity index (χ4n) is 2.86. The third-order valence-corrected chi connectivity index (χ3v) is 4.38. The van der Waals surface area contributed by atoms with Crippen LogP contribution in [0.25, 0.3) is 0 Å². The smallest absolute Gasteiger partial charge is 0.408 e. The molecule has 128 valence electrons. The zero-order valence-corrected chi connectivity index (χ0v) is 14.6. The van der Waals surface area contributed by atoms with Gasteiger partial charge in [-0.3, -0.25) is 0 Å². The fraction of sp³-hybridized carbons (Fsp3) is 0.556. The molecule has 1 amide bonds. The van der Waals surface area contributed by atoms with Gasteiger partial charge in [-0.25, -0.2) is 9.59 Å². The Morgan fingerprint density at radius 3 is 2.22 bits per heavy atom. The summed E-state index contributed by atoms with van der Waals surface area (Å²) in [6.45, 7) is 9.27. The quantitative estimate of drug-likeness (QED) is 0.835. The van der Waals surface area contributed by atoms with Gasteiger partial charge in [-0.15, -0.1) is 0 Å². The highest BCUT2D eigenvalue weighted by molar-refractivity contribution is 5.85. The van der Waals surface area contributed by atoms with E-state index in [2.05, 4.69) is 5.32 Å². The summed E-state index contributed by atoms with van der Waals surface area (Å²) in [6, 6.07) is 9.27. The van der Waals surface area contributed by atoms with Crippen molar-refractivity contribution in [2.24, 2.45) is 11.3 Å². The molecular weight excluding hydrogens is 294 g/mol. The highest BCUT2D eigenvalue weighted by Crippen LogP contribution is 2.38. The van der Waals surface area contributed by atoms with Gasteiger partial charge in [-0.1, -0.05) is 71.4 Å². The van der Waals surface area contributed by atoms with Crippen molar-refractivity contribution in [3.63, 3.8) is 0 Å². The first-order valence-electron chi connectivity index (χ1n) is 7.87.